The highest BCUT2D eigenvalue weighted by molar-refractivity contribution is 6.05. The van der Waals surface area contributed by atoms with E-state index in [-0.39, 0.29) is 37.7 Å². The molecule has 1 heterocycles. The minimum Gasteiger partial charge on any atom is -0.432 e. The Kier molecular flexibility index (Phi) is 10.8. The number of carbonyl (C=O) groups is 5. The molecule has 0 aromatic heterocycles. The number of aliphatic hydroxyl groups is 1. The fraction of sp³-hybridized carbons (Fsp3) is 0.452. The first-order valence-corrected chi connectivity index (χ1v) is 14.2. The third-order valence-electron chi connectivity index (χ3n) is 7.38. The lowest BCUT2D eigenvalue weighted by Crippen LogP contribution is -2.32. The summed E-state index contributed by atoms with van der Waals surface area (Å²) in [4.78, 5) is 66.1. The van der Waals surface area contributed by atoms with Crippen LogP contribution in [-0.4, -0.2) is 73.3 Å². The third kappa shape index (κ3) is 7.40. The summed E-state index contributed by atoms with van der Waals surface area (Å²) in [6, 6.07) is 11.3. The van der Waals surface area contributed by atoms with Crippen molar-refractivity contribution in [2.24, 2.45) is 0 Å². The van der Waals surface area contributed by atoms with E-state index in [4.69, 9.17) is 19.4 Å². The second-order valence-corrected chi connectivity index (χ2v) is 10.2. The molecule has 1 unspecified atom stereocenters. The number of hydrogen-bond donors (Lipinski definition) is 2. The van der Waals surface area contributed by atoms with Gasteiger partial charge in [0.1, 0.15) is 6.61 Å². The van der Waals surface area contributed by atoms with Crippen LogP contribution in [0.1, 0.15) is 77.9 Å². The van der Waals surface area contributed by atoms with Crippen LogP contribution in [0.2, 0.25) is 0 Å². The number of unbranched alkanes of at least 4 members (excludes halogenated alkanes) is 1. The van der Waals surface area contributed by atoms with E-state index >= 15 is 0 Å². The summed E-state index contributed by atoms with van der Waals surface area (Å²) >= 11 is 0. The molecule has 4 rings (SSSR count). The van der Waals surface area contributed by atoms with Crippen molar-refractivity contribution >= 4 is 29.7 Å². The van der Waals surface area contributed by atoms with Gasteiger partial charge in [-0.25, -0.2) is 4.79 Å². The van der Waals surface area contributed by atoms with Crippen LogP contribution in [0, 0.1) is 0 Å². The Labute approximate surface area is 244 Å². The van der Waals surface area contributed by atoms with Gasteiger partial charge < -0.3 is 19.9 Å². The number of Topliss-reactive ketones (excluding diaryl/α,β-unsaturated/α-hetero) is 1. The first kappa shape index (κ1) is 30.9. The minimum absolute atomic E-state index is 0.0268. The first-order valence-electron chi connectivity index (χ1n) is 14.2. The van der Waals surface area contributed by atoms with Gasteiger partial charge in [0.25, 0.3) is 11.8 Å². The highest BCUT2D eigenvalue weighted by Gasteiger charge is 2.36. The SMILES string of the molecule is CNC(=O)CCc1ccc2c(c1)C(COC(=O)ON1C(=O)CCC1=O)c1cccc(C(=O)CCCOCCCCO)c1-2. The standard InChI is InChI=1S/C31H36N2O9/c1-32-27(36)12-10-20-9-11-22-24(18-20)25(19-41-31(39)42-33-28(37)13-14-29(33)38)21-6-4-7-23(30(21)22)26(35)8-5-17-40-16-3-2-15-34/h4,6-7,9,11,18,25,34H,2-3,5,8,10,12-17,19H2,1H3,(H,32,36). The number of imide groups is 1. The average molecular weight is 581 g/mol. The van der Waals surface area contributed by atoms with Gasteiger partial charge >= 0.3 is 6.16 Å². The van der Waals surface area contributed by atoms with E-state index in [1.54, 1.807) is 19.2 Å². The highest BCUT2D eigenvalue weighted by atomic mass is 16.8. The molecule has 11 nitrogen and oxygen atoms in total. The summed E-state index contributed by atoms with van der Waals surface area (Å²) in [6.45, 7) is 0.962. The molecule has 2 aromatic carbocycles. The van der Waals surface area contributed by atoms with Crippen LogP contribution in [0.3, 0.4) is 0 Å². The Morgan fingerprint density at radius 3 is 2.48 bits per heavy atom. The Bertz CT molecular complexity index is 1320. The number of carbonyl (C=O) groups excluding carboxylic acids is 5. The smallest absolute Gasteiger partial charge is 0.432 e. The van der Waals surface area contributed by atoms with Crippen molar-refractivity contribution in [3.63, 3.8) is 0 Å². The van der Waals surface area contributed by atoms with Gasteiger partial charge in [-0.05, 0) is 53.5 Å². The fourth-order valence-corrected chi connectivity index (χ4v) is 5.20. The molecular formula is C31H36N2O9. The number of aliphatic hydroxyl groups excluding tert-OH is 1. The molecular weight excluding hydrogens is 544 g/mol. The molecule has 1 aliphatic heterocycles. The predicted octanol–water partition coefficient (Wildman–Crippen LogP) is 3.45. The molecule has 0 saturated carbocycles. The Hall–Kier alpha value is -4.09. The predicted molar refractivity (Wildman–Crippen MR) is 150 cm³/mol. The van der Waals surface area contributed by atoms with E-state index in [2.05, 4.69) is 5.32 Å². The van der Waals surface area contributed by atoms with Gasteiger partial charge in [-0.1, -0.05) is 41.5 Å². The van der Waals surface area contributed by atoms with E-state index in [1.165, 1.54) is 0 Å². The van der Waals surface area contributed by atoms with Crippen molar-refractivity contribution in [3.8, 4) is 11.1 Å². The normalized spacial score (nSPS) is 15.4. The van der Waals surface area contributed by atoms with Gasteiger partial charge in [-0.3, -0.25) is 24.0 Å². The maximum Gasteiger partial charge on any atom is 0.533 e. The van der Waals surface area contributed by atoms with E-state index in [0.717, 1.165) is 34.2 Å². The van der Waals surface area contributed by atoms with Crippen LogP contribution in [0.5, 0.6) is 0 Å². The molecule has 1 aliphatic carbocycles. The Balaban J connectivity index is 1.53. The molecule has 1 saturated heterocycles. The number of hydroxylamine groups is 2. The van der Waals surface area contributed by atoms with Crippen LogP contribution in [0.4, 0.5) is 4.79 Å². The van der Waals surface area contributed by atoms with E-state index in [1.807, 2.05) is 24.3 Å². The monoisotopic (exact) mass is 580 g/mol. The lowest BCUT2D eigenvalue weighted by molar-refractivity contribution is -0.177. The van der Waals surface area contributed by atoms with E-state index in [0.29, 0.717) is 55.9 Å². The number of fused-ring (bicyclic) bond motifs is 3. The molecule has 1 fully saturated rings. The van der Waals surface area contributed by atoms with Gasteiger partial charge in [0.15, 0.2) is 5.78 Å². The van der Waals surface area contributed by atoms with Gasteiger partial charge in [0, 0.05) is 64.0 Å². The van der Waals surface area contributed by atoms with Crippen molar-refractivity contribution in [1.29, 1.82) is 0 Å². The third-order valence-corrected chi connectivity index (χ3v) is 7.38. The zero-order valence-electron chi connectivity index (χ0n) is 23.7. The second kappa shape index (κ2) is 14.7. The summed E-state index contributed by atoms with van der Waals surface area (Å²) in [6.07, 6.45) is 1.87. The number of benzene rings is 2. The number of ether oxygens (including phenoxy) is 2. The maximum atomic E-state index is 13.3. The summed E-state index contributed by atoms with van der Waals surface area (Å²) in [5.41, 5.74) is 4.73. The molecule has 42 heavy (non-hydrogen) atoms. The second-order valence-electron chi connectivity index (χ2n) is 10.2. The van der Waals surface area contributed by atoms with Crippen molar-refractivity contribution in [1.82, 2.24) is 10.4 Å². The van der Waals surface area contributed by atoms with E-state index in [9.17, 15) is 24.0 Å². The molecule has 0 radical (unpaired) electrons. The molecule has 1 atom stereocenters. The Morgan fingerprint density at radius 2 is 1.74 bits per heavy atom. The van der Waals surface area contributed by atoms with Gasteiger partial charge in [-0.15, -0.1) is 0 Å². The summed E-state index contributed by atoms with van der Waals surface area (Å²) < 4.78 is 11.0. The van der Waals surface area contributed by atoms with Gasteiger partial charge in [-0.2, -0.15) is 0 Å². The fourth-order valence-electron chi connectivity index (χ4n) is 5.20. The molecule has 224 valence electrons. The van der Waals surface area contributed by atoms with Crippen LogP contribution < -0.4 is 5.32 Å². The summed E-state index contributed by atoms with van der Waals surface area (Å²) in [5, 5.41) is 11.9. The lowest BCUT2D eigenvalue weighted by atomic mass is 9.93. The minimum atomic E-state index is -1.17. The van der Waals surface area contributed by atoms with Crippen LogP contribution in [-0.2, 0) is 35.1 Å². The summed E-state index contributed by atoms with van der Waals surface area (Å²) in [5.74, 6) is -1.76. The van der Waals surface area contributed by atoms with Crippen molar-refractivity contribution < 1.29 is 43.4 Å². The number of ketones is 1. The highest BCUT2D eigenvalue weighted by Crippen LogP contribution is 2.47. The van der Waals surface area contributed by atoms with Crippen LogP contribution >= 0.6 is 0 Å². The topological polar surface area (TPSA) is 149 Å². The molecule has 0 spiro atoms. The quantitative estimate of drug-likeness (QED) is 0.140. The number of rotatable bonds is 15. The number of aryl methyl sites for hydroxylation is 1. The van der Waals surface area contributed by atoms with Crippen molar-refractivity contribution in [2.45, 2.75) is 57.3 Å². The molecule has 3 amide bonds. The maximum absolute atomic E-state index is 13.3. The Morgan fingerprint density at radius 1 is 0.976 bits per heavy atom. The molecule has 2 aromatic rings. The number of amides is 3. The number of nitrogens with zero attached hydrogens (tertiary/aromatic N) is 1. The number of nitrogens with one attached hydrogen (secondary N) is 1. The zero-order chi connectivity index (χ0) is 30.1. The van der Waals surface area contributed by atoms with E-state index < -0.39 is 23.9 Å². The largest absolute Gasteiger partial charge is 0.533 e. The molecule has 2 N–H and O–H groups in total. The molecule has 11 heteroatoms. The van der Waals surface area contributed by atoms with Crippen molar-refractivity contribution in [2.75, 3.05) is 33.5 Å². The molecule has 0 bridgehead atoms. The lowest BCUT2D eigenvalue weighted by Gasteiger charge is -2.17. The van der Waals surface area contributed by atoms with Crippen LogP contribution in [0.15, 0.2) is 36.4 Å². The zero-order valence-corrected chi connectivity index (χ0v) is 23.7. The van der Waals surface area contributed by atoms with Gasteiger partial charge in [0.2, 0.25) is 5.91 Å². The summed E-state index contributed by atoms with van der Waals surface area (Å²) in [7, 11) is 1.58. The average Bonchev–Trinajstić information content (AvgIpc) is 3.49. The molecule has 2 aliphatic rings. The van der Waals surface area contributed by atoms with Gasteiger partial charge in [0.05, 0.1) is 0 Å². The first-order chi connectivity index (χ1) is 20.3. The number of hydrogen-bond acceptors (Lipinski definition) is 9. The van der Waals surface area contributed by atoms with Crippen LogP contribution in [0.25, 0.3) is 11.1 Å². The van der Waals surface area contributed by atoms with Crippen molar-refractivity contribution in [3.05, 3.63) is 58.7 Å².